The molecule has 1 aromatic heterocycles. The second kappa shape index (κ2) is 7.00. The van der Waals surface area contributed by atoms with Crippen molar-refractivity contribution in [1.29, 1.82) is 0 Å². The fourth-order valence-corrected chi connectivity index (χ4v) is 1.38. The van der Waals surface area contributed by atoms with Gasteiger partial charge in [0.2, 0.25) is 5.88 Å². The van der Waals surface area contributed by atoms with Gasteiger partial charge in [0.15, 0.2) is 11.6 Å². The predicted octanol–water partition coefficient (Wildman–Crippen LogP) is 1.81. The lowest BCUT2D eigenvalue weighted by Gasteiger charge is -2.16. The third-order valence-corrected chi connectivity index (χ3v) is 2.51. The summed E-state index contributed by atoms with van der Waals surface area (Å²) < 4.78 is 10.4. The minimum atomic E-state index is 0.284. The molecule has 0 spiro atoms. The Morgan fingerprint density at radius 3 is 2.61 bits per heavy atom. The van der Waals surface area contributed by atoms with E-state index in [0.717, 1.165) is 6.42 Å². The van der Waals surface area contributed by atoms with Crippen LogP contribution in [-0.2, 0) is 11.3 Å². The summed E-state index contributed by atoms with van der Waals surface area (Å²) in [4.78, 5) is 8.56. The number of hydrogen-bond acceptors (Lipinski definition) is 6. The van der Waals surface area contributed by atoms with Gasteiger partial charge in [0, 0.05) is 13.2 Å². The zero-order valence-electron chi connectivity index (χ0n) is 11.5. The molecule has 0 aliphatic carbocycles. The van der Waals surface area contributed by atoms with Crippen LogP contribution in [0.25, 0.3) is 0 Å². The zero-order chi connectivity index (χ0) is 13.5. The molecule has 0 bridgehead atoms. The molecule has 0 saturated carbocycles. The van der Waals surface area contributed by atoms with E-state index in [-0.39, 0.29) is 6.04 Å². The second-order valence-electron chi connectivity index (χ2n) is 4.03. The summed E-state index contributed by atoms with van der Waals surface area (Å²) in [6.45, 7) is 6.89. The van der Waals surface area contributed by atoms with Gasteiger partial charge in [-0.3, -0.25) is 0 Å². The van der Waals surface area contributed by atoms with Crippen LogP contribution in [0.3, 0.4) is 0 Å². The first-order valence-electron chi connectivity index (χ1n) is 6.16. The molecule has 3 N–H and O–H groups in total. The van der Waals surface area contributed by atoms with Crippen molar-refractivity contribution >= 4 is 11.5 Å². The number of ether oxygens (including phenoxy) is 2. The summed E-state index contributed by atoms with van der Waals surface area (Å²) in [5.74, 6) is 1.57. The van der Waals surface area contributed by atoms with Crippen LogP contribution in [-0.4, -0.2) is 29.7 Å². The SMILES string of the molecule is CCOc1nc(COC)nc(NC(C)CC)c1N. The van der Waals surface area contributed by atoms with Gasteiger partial charge in [-0.05, 0) is 20.3 Å². The number of rotatable bonds is 7. The lowest BCUT2D eigenvalue weighted by molar-refractivity contribution is 0.176. The van der Waals surface area contributed by atoms with E-state index in [1.54, 1.807) is 7.11 Å². The normalized spacial score (nSPS) is 12.2. The molecular formula is C12H22N4O2. The molecule has 0 amide bonds. The van der Waals surface area contributed by atoms with Crippen molar-refractivity contribution in [1.82, 2.24) is 9.97 Å². The van der Waals surface area contributed by atoms with Crippen molar-refractivity contribution in [3.05, 3.63) is 5.82 Å². The van der Waals surface area contributed by atoms with E-state index in [9.17, 15) is 0 Å². The average molecular weight is 254 g/mol. The van der Waals surface area contributed by atoms with Gasteiger partial charge in [-0.1, -0.05) is 6.92 Å². The Hall–Kier alpha value is -1.56. The van der Waals surface area contributed by atoms with Gasteiger partial charge in [-0.25, -0.2) is 4.98 Å². The molecule has 0 aliphatic rings. The summed E-state index contributed by atoms with van der Waals surface area (Å²) in [6.07, 6.45) is 0.979. The predicted molar refractivity (Wildman–Crippen MR) is 71.7 cm³/mol. The highest BCUT2D eigenvalue weighted by molar-refractivity contribution is 5.67. The average Bonchev–Trinajstić information content (AvgIpc) is 2.35. The number of nitrogen functional groups attached to an aromatic ring is 1. The fourth-order valence-electron chi connectivity index (χ4n) is 1.38. The van der Waals surface area contributed by atoms with Gasteiger partial charge in [-0.15, -0.1) is 0 Å². The van der Waals surface area contributed by atoms with Crippen molar-refractivity contribution in [3.8, 4) is 5.88 Å². The van der Waals surface area contributed by atoms with Crippen LogP contribution in [0.15, 0.2) is 0 Å². The molecule has 0 radical (unpaired) electrons. The molecule has 0 saturated heterocycles. The number of anilines is 2. The van der Waals surface area contributed by atoms with Crippen LogP contribution in [0, 0.1) is 0 Å². The number of nitrogens with zero attached hydrogens (tertiary/aromatic N) is 2. The molecule has 1 aromatic rings. The van der Waals surface area contributed by atoms with Crippen LogP contribution in [0.2, 0.25) is 0 Å². The third kappa shape index (κ3) is 3.73. The minimum absolute atomic E-state index is 0.284. The zero-order valence-corrected chi connectivity index (χ0v) is 11.5. The molecule has 1 rings (SSSR count). The first-order chi connectivity index (χ1) is 8.62. The largest absolute Gasteiger partial charge is 0.476 e. The molecular weight excluding hydrogens is 232 g/mol. The molecule has 0 aromatic carbocycles. The summed E-state index contributed by atoms with van der Waals surface area (Å²) in [5.41, 5.74) is 6.43. The van der Waals surface area contributed by atoms with Crippen molar-refractivity contribution in [2.45, 2.75) is 39.8 Å². The van der Waals surface area contributed by atoms with Gasteiger partial charge in [0.1, 0.15) is 12.3 Å². The van der Waals surface area contributed by atoms with E-state index in [1.807, 2.05) is 6.92 Å². The van der Waals surface area contributed by atoms with E-state index in [2.05, 4.69) is 29.1 Å². The molecule has 102 valence electrons. The van der Waals surface area contributed by atoms with Crippen molar-refractivity contribution in [2.75, 3.05) is 24.8 Å². The Morgan fingerprint density at radius 2 is 2.06 bits per heavy atom. The van der Waals surface area contributed by atoms with Crippen molar-refractivity contribution < 1.29 is 9.47 Å². The van der Waals surface area contributed by atoms with Crippen LogP contribution >= 0.6 is 0 Å². The van der Waals surface area contributed by atoms with Crippen molar-refractivity contribution in [2.24, 2.45) is 0 Å². The maximum absolute atomic E-state index is 5.98. The van der Waals surface area contributed by atoms with Crippen molar-refractivity contribution in [3.63, 3.8) is 0 Å². The molecule has 18 heavy (non-hydrogen) atoms. The fraction of sp³-hybridized carbons (Fsp3) is 0.667. The summed E-state index contributed by atoms with van der Waals surface area (Å²) >= 11 is 0. The van der Waals surface area contributed by atoms with E-state index < -0.39 is 0 Å². The number of aromatic nitrogens is 2. The smallest absolute Gasteiger partial charge is 0.242 e. The number of nitrogens with two attached hydrogens (primary N) is 1. The highest BCUT2D eigenvalue weighted by Crippen LogP contribution is 2.27. The summed E-state index contributed by atoms with van der Waals surface area (Å²) in [5, 5.41) is 3.25. The third-order valence-electron chi connectivity index (χ3n) is 2.51. The lowest BCUT2D eigenvalue weighted by atomic mass is 10.2. The van der Waals surface area contributed by atoms with E-state index >= 15 is 0 Å². The van der Waals surface area contributed by atoms with Gasteiger partial charge >= 0.3 is 0 Å². The lowest BCUT2D eigenvalue weighted by Crippen LogP contribution is -2.18. The Bertz CT molecular complexity index is 385. The van der Waals surface area contributed by atoms with Crippen LogP contribution < -0.4 is 15.8 Å². The quantitative estimate of drug-likeness (QED) is 0.772. The maximum atomic E-state index is 5.98. The Labute approximate surface area is 108 Å². The Morgan fingerprint density at radius 1 is 1.33 bits per heavy atom. The van der Waals surface area contributed by atoms with Crippen LogP contribution in [0.1, 0.15) is 33.0 Å². The number of methoxy groups -OCH3 is 1. The highest BCUT2D eigenvalue weighted by Gasteiger charge is 2.14. The first-order valence-corrected chi connectivity index (χ1v) is 6.16. The van der Waals surface area contributed by atoms with E-state index in [4.69, 9.17) is 15.2 Å². The highest BCUT2D eigenvalue weighted by atomic mass is 16.5. The first kappa shape index (κ1) is 14.5. The number of hydrogen-bond donors (Lipinski definition) is 2. The van der Waals surface area contributed by atoms with E-state index in [0.29, 0.717) is 36.4 Å². The summed E-state index contributed by atoms with van der Waals surface area (Å²) in [7, 11) is 1.60. The maximum Gasteiger partial charge on any atom is 0.242 e. The van der Waals surface area contributed by atoms with Crippen LogP contribution in [0.5, 0.6) is 5.88 Å². The standard InChI is InChI=1S/C12H22N4O2/c1-5-8(3)14-11-10(13)12(18-6-2)16-9(15-11)7-17-4/h8H,5-7,13H2,1-4H3,(H,14,15,16). The monoisotopic (exact) mass is 254 g/mol. The Balaban J connectivity index is 3.05. The van der Waals surface area contributed by atoms with E-state index in [1.165, 1.54) is 0 Å². The second-order valence-corrected chi connectivity index (χ2v) is 4.03. The topological polar surface area (TPSA) is 82.3 Å². The Kier molecular flexibility index (Phi) is 5.64. The molecule has 0 aliphatic heterocycles. The van der Waals surface area contributed by atoms with Gasteiger partial charge in [0.25, 0.3) is 0 Å². The molecule has 6 heteroatoms. The van der Waals surface area contributed by atoms with Gasteiger partial charge in [-0.2, -0.15) is 4.98 Å². The molecule has 1 unspecified atom stereocenters. The van der Waals surface area contributed by atoms with Gasteiger partial charge < -0.3 is 20.5 Å². The minimum Gasteiger partial charge on any atom is -0.476 e. The van der Waals surface area contributed by atoms with Crippen LogP contribution in [0.4, 0.5) is 11.5 Å². The molecule has 6 nitrogen and oxygen atoms in total. The van der Waals surface area contributed by atoms with Gasteiger partial charge in [0.05, 0.1) is 6.61 Å². The summed E-state index contributed by atoms with van der Waals surface area (Å²) in [6, 6.07) is 0.284. The number of nitrogens with one attached hydrogen (secondary N) is 1. The molecule has 0 fully saturated rings. The molecule has 1 atom stereocenters. The molecule has 1 heterocycles.